The molecule has 36 heavy (non-hydrogen) atoms. The summed E-state index contributed by atoms with van der Waals surface area (Å²) in [7, 11) is 0. The molecule has 0 radical (unpaired) electrons. The fourth-order valence-corrected chi connectivity index (χ4v) is 3.28. The molecule has 1 amide bonds. The van der Waals surface area contributed by atoms with Crippen LogP contribution in [0.1, 0.15) is 67.8 Å². The van der Waals surface area contributed by atoms with Crippen LogP contribution >= 0.6 is 0 Å². The summed E-state index contributed by atoms with van der Waals surface area (Å²) in [5.74, 6) is -0.225. The molecule has 0 bridgehead atoms. The fraction of sp³-hybridized carbons (Fsp3) is 0.464. The Hall–Kier alpha value is -3.23. The van der Waals surface area contributed by atoms with E-state index in [9.17, 15) is 19.2 Å². The summed E-state index contributed by atoms with van der Waals surface area (Å²) in [5.41, 5.74) is 2.61. The standard InChI is InChI=1S/C28H36N2O6/c1-5-25(32)13-15-36-18-24(17-35-14-12-20(4)31)30-28(34)26-11-10-23(16-29-26)21-6-8-22(9-7-21)27(33)19(2)3/h6-11,16,19,24H,5,12-15,17-18H2,1-4H3,(H,30,34). The average molecular weight is 497 g/mol. The molecule has 1 heterocycles. The minimum absolute atomic E-state index is 0.0235. The second kappa shape index (κ2) is 15.0. The zero-order chi connectivity index (χ0) is 26.5. The molecule has 1 unspecified atom stereocenters. The lowest BCUT2D eigenvalue weighted by atomic mass is 9.98. The third kappa shape index (κ3) is 9.79. The van der Waals surface area contributed by atoms with Crippen molar-refractivity contribution in [3.8, 4) is 11.1 Å². The maximum atomic E-state index is 12.8. The Bertz CT molecular complexity index is 1020. The third-order valence-electron chi connectivity index (χ3n) is 5.51. The number of ketones is 3. The number of hydrogen-bond donors (Lipinski definition) is 1. The smallest absolute Gasteiger partial charge is 0.270 e. The van der Waals surface area contributed by atoms with Crippen LogP contribution in [0.3, 0.4) is 0 Å². The molecule has 1 aromatic carbocycles. The van der Waals surface area contributed by atoms with Gasteiger partial charge in [-0.3, -0.25) is 24.2 Å². The van der Waals surface area contributed by atoms with Gasteiger partial charge in [-0.15, -0.1) is 0 Å². The molecular formula is C28H36N2O6. The number of nitrogens with zero attached hydrogens (tertiary/aromatic N) is 1. The Balaban J connectivity index is 1.99. The van der Waals surface area contributed by atoms with Gasteiger partial charge in [0.25, 0.3) is 5.91 Å². The van der Waals surface area contributed by atoms with E-state index in [-0.39, 0.29) is 61.3 Å². The molecule has 0 saturated heterocycles. The Morgan fingerprint density at radius 2 is 1.50 bits per heavy atom. The van der Waals surface area contributed by atoms with Crippen LogP contribution in [0.2, 0.25) is 0 Å². The van der Waals surface area contributed by atoms with E-state index in [4.69, 9.17) is 9.47 Å². The van der Waals surface area contributed by atoms with Gasteiger partial charge in [0, 0.05) is 42.5 Å². The fourth-order valence-electron chi connectivity index (χ4n) is 3.28. The quantitative estimate of drug-likeness (QED) is 0.275. The average Bonchev–Trinajstić information content (AvgIpc) is 2.88. The lowest BCUT2D eigenvalue weighted by Gasteiger charge is -2.19. The van der Waals surface area contributed by atoms with E-state index in [0.717, 1.165) is 11.1 Å². The maximum Gasteiger partial charge on any atom is 0.270 e. The molecule has 2 aromatic rings. The van der Waals surface area contributed by atoms with Gasteiger partial charge in [-0.05, 0) is 18.6 Å². The highest BCUT2D eigenvalue weighted by molar-refractivity contribution is 5.97. The minimum Gasteiger partial charge on any atom is -0.379 e. The largest absolute Gasteiger partial charge is 0.379 e. The number of Topliss-reactive ketones (excluding diaryl/α,β-unsaturated/α-hetero) is 3. The van der Waals surface area contributed by atoms with Crippen molar-refractivity contribution in [1.29, 1.82) is 0 Å². The Morgan fingerprint density at radius 3 is 2.03 bits per heavy atom. The molecule has 0 aliphatic rings. The van der Waals surface area contributed by atoms with Crippen molar-refractivity contribution >= 4 is 23.3 Å². The molecule has 8 heteroatoms. The van der Waals surface area contributed by atoms with Gasteiger partial charge in [-0.2, -0.15) is 0 Å². The molecule has 194 valence electrons. The van der Waals surface area contributed by atoms with E-state index in [1.54, 1.807) is 37.4 Å². The van der Waals surface area contributed by atoms with Crippen molar-refractivity contribution in [1.82, 2.24) is 10.3 Å². The summed E-state index contributed by atoms with van der Waals surface area (Å²) in [4.78, 5) is 51.8. The molecule has 0 aliphatic heterocycles. The van der Waals surface area contributed by atoms with E-state index >= 15 is 0 Å². The Morgan fingerprint density at radius 1 is 0.889 bits per heavy atom. The number of pyridine rings is 1. The number of nitrogens with one attached hydrogen (secondary N) is 1. The minimum atomic E-state index is -0.464. The normalized spacial score (nSPS) is 11.8. The molecule has 0 spiro atoms. The lowest BCUT2D eigenvalue weighted by molar-refractivity contribution is -0.120. The second-order valence-electron chi connectivity index (χ2n) is 8.94. The molecule has 1 atom stereocenters. The van der Waals surface area contributed by atoms with Crippen LogP contribution < -0.4 is 5.32 Å². The van der Waals surface area contributed by atoms with E-state index < -0.39 is 6.04 Å². The van der Waals surface area contributed by atoms with Crippen molar-refractivity contribution in [2.24, 2.45) is 5.92 Å². The summed E-state index contributed by atoms with van der Waals surface area (Å²) in [6.07, 6.45) is 2.68. The topological polar surface area (TPSA) is 112 Å². The zero-order valence-corrected chi connectivity index (χ0v) is 21.5. The van der Waals surface area contributed by atoms with Crippen LogP contribution in [0.4, 0.5) is 0 Å². The second-order valence-corrected chi connectivity index (χ2v) is 8.94. The van der Waals surface area contributed by atoms with Gasteiger partial charge in [0.15, 0.2) is 5.78 Å². The lowest BCUT2D eigenvalue weighted by Crippen LogP contribution is -2.42. The van der Waals surface area contributed by atoms with Crippen molar-refractivity contribution in [2.45, 2.75) is 53.0 Å². The number of carbonyl (C=O) groups is 4. The van der Waals surface area contributed by atoms with E-state index in [2.05, 4.69) is 10.3 Å². The monoisotopic (exact) mass is 496 g/mol. The Labute approximate surface area is 212 Å². The van der Waals surface area contributed by atoms with Gasteiger partial charge in [-0.1, -0.05) is 51.1 Å². The maximum absolute atomic E-state index is 12.8. The first-order chi connectivity index (χ1) is 17.2. The SMILES string of the molecule is CCC(=O)CCOCC(COCCC(C)=O)NC(=O)c1ccc(-c2ccc(C(=O)C(C)C)cc2)cn1. The van der Waals surface area contributed by atoms with Gasteiger partial charge in [0.2, 0.25) is 0 Å². The molecule has 0 aliphatic carbocycles. The van der Waals surface area contributed by atoms with Crippen molar-refractivity contribution in [3.05, 3.63) is 53.9 Å². The highest BCUT2D eigenvalue weighted by Gasteiger charge is 2.17. The van der Waals surface area contributed by atoms with Crippen LogP contribution in [0, 0.1) is 5.92 Å². The third-order valence-corrected chi connectivity index (χ3v) is 5.51. The number of carbonyl (C=O) groups excluding carboxylic acids is 4. The first-order valence-corrected chi connectivity index (χ1v) is 12.3. The van der Waals surface area contributed by atoms with Gasteiger partial charge in [0.05, 0.1) is 32.5 Å². The zero-order valence-electron chi connectivity index (χ0n) is 21.5. The van der Waals surface area contributed by atoms with Crippen molar-refractivity contribution < 1.29 is 28.7 Å². The van der Waals surface area contributed by atoms with Gasteiger partial charge < -0.3 is 14.8 Å². The predicted molar refractivity (Wildman–Crippen MR) is 137 cm³/mol. The highest BCUT2D eigenvalue weighted by atomic mass is 16.5. The van der Waals surface area contributed by atoms with Crippen LogP contribution in [0.15, 0.2) is 42.6 Å². The number of ether oxygens (including phenoxy) is 2. The van der Waals surface area contributed by atoms with Crippen molar-refractivity contribution in [3.63, 3.8) is 0 Å². The summed E-state index contributed by atoms with van der Waals surface area (Å²) in [6.45, 7) is 7.88. The van der Waals surface area contributed by atoms with E-state index in [1.165, 1.54) is 6.92 Å². The molecule has 0 fully saturated rings. The first-order valence-electron chi connectivity index (χ1n) is 12.3. The highest BCUT2D eigenvalue weighted by Crippen LogP contribution is 2.20. The van der Waals surface area contributed by atoms with Crippen molar-refractivity contribution in [2.75, 3.05) is 26.4 Å². The van der Waals surface area contributed by atoms with Gasteiger partial charge >= 0.3 is 0 Å². The molecule has 2 rings (SSSR count). The van der Waals surface area contributed by atoms with E-state index in [0.29, 0.717) is 24.8 Å². The van der Waals surface area contributed by atoms with Crippen LogP contribution in [0.5, 0.6) is 0 Å². The van der Waals surface area contributed by atoms with E-state index in [1.807, 2.05) is 26.0 Å². The molecule has 0 saturated carbocycles. The summed E-state index contributed by atoms with van der Waals surface area (Å²) in [6, 6.07) is 10.3. The molecular weight excluding hydrogens is 460 g/mol. The number of benzene rings is 1. The number of hydrogen-bond acceptors (Lipinski definition) is 7. The number of rotatable bonds is 16. The van der Waals surface area contributed by atoms with Gasteiger partial charge in [-0.25, -0.2) is 0 Å². The molecule has 8 nitrogen and oxygen atoms in total. The summed E-state index contributed by atoms with van der Waals surface area (Å²) < 4.78 is 11.1. The number of amides is 1. The van der Waals surface area contributed by atoms with Gasteiger partial charge in [0.1, 0.15) is 17.3 Å². The van der Waals surface area contributed by atoms with Crippen LogP contribution in [0.25, 0.3) is 11.1 Å². The summed E-state index contributed by atoms with van der Waals surface area (Å²) in [5, 5.41) is 2.85. The predicted octanol–water partition coefficient (Wildman–Crippen LogP) is 4.07. The Kier molecular flexibility index (Phi) is 12.1. The molecule has 1 N–H and O–H groups in total. The summed E-state index contributed by atoms with van der Waals surface area (Å²) >= 11 is 0. The molecule has 1 aromatic heterocycles. The number of aromatic nitrogens is 1. The van der Waals surface area contributed by atoms with Crippen LogP contribution in [-0.2, 0) is 19.1 Å². The van der Waals surface area contributed by atoms with Crippen LogP contribution in [-0.4, -0.2) is 60.7 Å². The first kappa shape index (κ1) is 29.0.